The van der Waals surface area contributed by atoms with Crippen LogP contribution in [0.1, 0.15) is 63.6 Å². The molecule has 4 aliphatic rings. The first kappa shape index (κ1) is 28.6. The summed E-state index contributed by atoms with van der Waals surface area (Å²) >= 11 is 0. The summed E-state index contributed by atoms with van der Waals surface area (Å²) < 4.78 is 6.18. The van der Waals surface area contributed by atoms with Crippen molar-refractivity contribution in [3.63, 3.8) is 0 Å². The number of anilines is 2. The zero-order chi connectivity index (χ0) is 30.7. The molecule has 0 saturated carbocycles. The molecule has 2 heterocycles. The van der Waals surface area contributed by atoms with Crippen LogP contribution < -0.4 is 22.1 Å². The van der Waals surface area contributed by atoms with Crippen molar-refractivity contribution in [1.82, 2.24) is 0 Å². The molecule has 1 amide bonds. The molecular formula is C32H30N4O7. The second-order valence-electron chi connectivity index (χ2n) is 11.1. The minimum Gasteiger partial charge on any atom is -0.507 e. The van der Waals surface area contributed by atoms with Crippen molar-refractivity contribution in [3.05, 3.63) is 64.2 Å². The molecule has 43 heavy (non-hydrogen) atoms. The predicted molar refractivity (Wildman–Crippen MR) is 156 cm³/mol. The van der Waals surface area contributed by atoms with Gasteiger partial charge in [-0.2, -0.15) is 0 Å². The van der Waals surface area contributed by atoms with Crippen molar-refractivity contribution < 1.29 is 34.4 Å². The van der Waals surface area contributed by atoms with Gasteiger partial charge in [0.1, 0.15) is 11.8 Å². The number of phenolic OH excluding ortho intramolecular Hbond substituents is 1. The number of aromatic hydroxyl groups is 1. The fourth-order valence-electron chi connectivity index (χ4n) is 6.39. The topological polar surface area (TPSA) is 201 Å². The zero-order valence-corrected chi connectivity index (χ0v) is 23.2. The van der Waals surface area contributed by atoms with E-state index in [1.807, 2.05) is 0 Å². The molecule has 2 aliphatic carbocycles. The normalized spacial score (nSPS) is 27.7. The number of epoxide rings is 1. The Hall–Kier alpha value is -4.49. The molecule has 0 radical (unpaired) electrons. The second kappa shape index (κ2) is 10.3. The number of aliphatic hydroxyl groups is 2. The fraction of sp³-hybridized carbons (Fsp3) is 0.344. The molecule has 1 fully saturated rings. The number of rotatable bonds is 7. The van der Waals surface area contributed by atoms with Crippen LogP contribution in [0.4, 0.5) is 11.4 Å². The summed E-state index contributed by atoms with van der Waals surface area (Å²) in [6.07, 6.45) is 2.17. The Labute approximate surface area is 247 Å². The number of ketones is 2. The number of aliphatic hydroxyl groups excluding tert-OH is 2. The van der Waals surface area contributed by atoms with Gasteiger partial charge in [0.2, 0.25) is 5.91 Å². The second-order valence-corrected chi connectivity index (χ2v) is 11.1. The highest BCUT2D eigenvalue weighted by Crippen LogP contribution is 2.67. The van der Waals surface area contributed by atoms with Gasteiger partial charge in [-0.15, -0.1) is 0 Å². The fourth-order valence-corrected chi connectivity index (χ4v) is 6.39. The number of carbonyl (C=O) groups excluding carboxylic acids is 3. The first-order valence-corrected chi connectivity index (χ1v) is 14.0. The molecule has 11 nitrogen and oxygen atoms in total. The van der Waals surface area contributed by atoms with Crippen LogP contribution in [0.25, 0.3) is 0 Å². The van der Waals surface area contributed by atoms with Crippen LogP contribution in [-0.2, 0) is 15.1 Å². The zero-order valence-electron chi connectivity index (χ0n) is 23.2. The Kier molecular flexibility index (Phi) is 6.89. The van der Waals surface area contributed by atoms with Gasteiger partial charge in [0.25, 0.3) is 0 Å². The lowest BCUT2D eigenvalue weighted by atomic mass is 9.69. The Morgan fingerprint density at radius 3 is 2.56 bits per heavy atom. The third kappa shape index (κ3) is 4.09. The molecule has 11 heteroatoms. The molecule has 220 valence electrons. The van der Waals surface area contributed by atoms with E-state index in [2.05, 4.69) is 34.3 Å². The van der Waals surface area contributed by atoms with E-state index in [1.54, 1.807) is 0 Å². The van der Waals surface area contributed by atoms with E-state index in [0.717, 1.165) is 6.42 Å². The highest BCUT2D eigenvalue weighted by molar-refractivity contribution is 6.31. The molecule has 1 unspecified atom stereocenters. The number of hydrogen-bond acceptors (Lipinski definition) is 10. The van der Waals surface area contributed by atoms with Crippen LogP contribution >= 0.6 is 0 Å². The lowest BCUT2D eigenvalue weighted by Crippen LogP contribution is -2.54. The van der Waals surface area contributed by atoms with Gasteiger partial charge in [-0.1, -0.05) is 30.1 Å². The van der Waals surface area contributed by atoms with Gasteiger partial charge in [-0.3, -0.25) is 14.4 Å². The van der Waals surface area contributed by atoms with Gasteiger partial charge in [-0.05, 0) is 62.7 Å². The number of ether oxygens (including phenoxy) is 1. The quantitative estimate of drug-likeness (QED) is 0.0897. The largest absolute Gasteiger partial charge is 0.507 e. The van der Waals surface area contributed by atoms with E-state index in [1.165, 1.54) is 43.3 Å². The number of fused-ring (bicyclic) bond motifs is 4. The van der Waals surface area contributed by atoms with Crippen molar-refractivity contribution in [2.45, 2.75) is 61.7 Å². The van der Waals surface area contributed by atoms with E-state index in [-0.39, 0.29) is 39.2 Å². The molecule has 6 rings (SSSR count). The first-order valence-electron chi connectivity index (χ1n) is 14.0. The maximum absolute atomic E-state index is 14.2. The van der Waals surface area contributed by atoms with Crippen molar-refractivity contribution in [3.8, 4) is 29.4 Å². The van der Waals surface area contributed by atoms with E-state index in [4.69, 9.17) is 16.2 Å². The predicted octanol–water partition coefficient (Wildman–Crippen LogP) is 0.639. The smallest absolute Gasteiger partial charge is 0.241 e. The van der Waals surface area contributed by atoms with E-state index < -0.39 is 58.7 Å². The Morgan fingerprint density at radius 2 is 1.84 bits per heavy atom. The summed E-state index contributed by atoms with van der Waals surface area (Å²) in [5.74, 6) is 9.06. The third-order valence-corrected chi connectivity index (χ3v) is 8.53. The van der Waals surface area contributed by atoms with Gasteiger partial charge in [0.15, 0.2) is 28.9 Å². The number of allylic oxidation sites excluding steroid dienone is 2. The third-order valence-electron chi connectivity index (χ3n) is 8.53. The molecule has 1 saturated heterocycles. The number of phenols is 1. The summed E-state index contributed by atoms with van der Waals surface area (Å²) in [5.41, 5.74) is 8.65. The summed E-state index contributed by atoms with van der Waals surface area (Å²) in [4.78, 5) is 40.5. The van der Waals surface area contributed by atoms with Gasteiger partial charge in [-0.25, -0.2) is 0 Å². The van der Waals surface area contributed by atoms with Crippen LogP contribution in [0.2, 0.25) is 0 Å². The number of benzene rings is 2. The highest BCUT2D eigenvalue weighted by atomic mass is 16.7. The minimum atomic E-state index is -1.66. The van der Waals surface area contributed by atoms with Gasteiger partial charge in [0, 0.05) is 22.4 Å². The first-order chi connectivity index (χ1) is 20.6. The van der Waals surface area contributed by atoms with Crippen LogP contribution in [0, 0.1) is 23.7 Å². The summed E-state index contributed by atoms with van der Waals surface area (Å²) in [5, 5.41) is 39.2. The van der Waals surface area contributed by atoms with Crippen LogP contribution in [0.5, 0.6) is 5.75 Å². The Balaban J connectivity index is 1.45. The molecule has 6 atom stereocenters. The summed E-state index contributed by atoms with van der Waals surface area (Å²) in [6.45, 7) is 1.99. The van der Waals surface area contributed by atoms with Crippen molar-refractivity contribution >= 4 is 28.8 Å². The molecule has 2 aliphatic heterocycles. The number of carbonyl (C=O) groups is 3. The van der Waals surface area contributed by atoms with E-state index in [9.17, 15) is 29.7 Å². The van der Waals surface area contributed by atoms with Crippen molar-refractivity contribution in [2.24, 2.45) is 11.5 Å². The average molecular weight is 583 g/mol. The molecule has 2 bridgehead atoms. The molecule has 2 aromatic carbocycles. The lowest BCUT2D eigenvalue weighted by molar-refractivity contribution is -0.117. The van der Waals surface area contributed by atoms with Crippen LogP contribution in [0.3, 0.4) is 0 Å². The summed E-state index contributed by atoms with van der Waals surface area (Å²) in [7, 11) is 0. The van der Waals surface area contributed by atoms with Crippen LogP contribution in [0.15, 0.2) is 36.4 Å². The Bertz CT molecular complexity index is 1740. The highest BCUT2D eigenvalue weighted by Gasteiger charge is 2.82. The van der Waals surface area contributed by atoms with Crippen LogP contribution in [-0.4, -0.2) is 69.2 Å². The van der Waals surface area contributed by atoms with Gasteiger partial charge in [0.05, 0.1) is 29.0 Å². The van der Waals surface area contributed by atoms with Crippen molar-refractivity contribution in [1.29, 1.82) is 0 Å². The molecule has 0 aromatic heterocycles. The van der Waals surface area contributed by atoms with Crippen molar-refractivity contribution in [2.75, 3.05) is 17.2 Å². The van der Waals surface area contributed by atoms with Gasteiger partial charge >= 0.3 is 0 Å². The molecule has 2 aromatic rings. The lowest BCUT2D eigenvalue weighted by Gasteiger charge is -2.37. The van der Waals surface area contributed by atoms with Gasteiger partial charge < -0.3 is 42.2 Å². The number of amides is 1. The Morgan fingerprint density at radius 1 is 1.12 bits per heavy atom. The standard InChI is InChI=1S/C32H30N4O7/c1-16(37)31-23-9-4-2-3-5-10-24(39)32(31,43-31)20-15-22(38)25-26(27(20)36-23)29(41)19-14-17(11-12-18(19)28(25)40)35-30(42)21(34)8-6-7-13-33/h2-3,11-12,14-16,21,23-24,36-39H,6-8,13,33-34H2,1H3,(H,35,42)/b3-2-/t16?,21-,23-,24+,31+,32-/m0/s1. The number of nitrogens with one attached hydrogen (secondary N) is 2. The van der Waals surface area contributed by atoms with E-state index >= 15 is 0 Å². The maximum Gasteiger partial charge on any atom is 0.241 e. The molecular weight excluding hydrogens is 552 g/mol. The average Bonchev–Trinajstić information content (AvgIpc) is 3.71. The number of nitrogens with two attached hydrogens (primary N) is 2. The SMILES string of the molecule is CC(O)[C@]12O[C@]13c1cc(O)c4c(c1N[C@H]2C#C/C=C\C#C[C@H]3O)C(=O)c1cc(NC(=O)[C@@H](N)CCCCN)ccc1C4=O. The number of hydrogen-bond donors (Lipinski definition) is 7. The minimum absolute atomic E-state index is 0.00626. The maximum atomic E-state index is 14.2. The molecule has 9 N–H and O–H groups in total. The number of unbranched alkanes of at least 4 members (excludes halogenated alkanes) is 1. The monoisotopic (exact) mass is 582 g/mol. The molecule has 0 spiro atoms. The summed E-state index contributed by atoms with van der Waals surface area (Å²) in [6, 6.07) is 3.85. The van der Waals surface area contributed by atoms with E-state index in [0.29, 0.717) is 19.4 Å².